The summed E-state index contributed by atoms with van der Waals surface area (Å²) in [5.41, 5.74) is 4.03. The maximum atomic E-state index is 12.4. The van der Waals surface area contributed by atoms with Crippen molar-refractivity contribution in [3.8, 4) is 34.7 Å². The number of likely N-dealkylation sites (tertiary alicyclic amines) is 1. The van der Waals surface area contributed by atoms with Crippen molar-refractivity contribution in [1.29, 1.82) is 5.26 Å². The number of carbonyl (C=O) groups excluding carboxylic acids is 1. The normalized spacial score (nSPS) is 17.3. The Bertz CT molecular complexity index is 1270. The molecule has 1 aliphatic carbocycles. The van der Waals surface area contributed by atoms with E-state index in [1.165, 1.54) is 0 Å². The van der Waals surface area contributed by atoms with Gasteiger partial charge in [-0.1, -0.05) is 23.4 Å². The quantitative estimate of drug-likeness (QED) is 0.599. The molecule has 1 unspecified atom stereocenters. The van der Waals surface area contributed by atoms with Gasteiger partial charge >= 0.3 is 6.03 Å². The Labute approximate surface area is 197 Å². The van der Waals surface area contributed by atoms with Crippen LogP contribution in [0.25, 0.3) is 22.8 Å². The van der Waals surface area contributed by atoms with Crippen molar-refractivity contribution in [3.63, 3.8) is 0 Å². The van der Waals surface area contributed by atoms with E-state index >= 15 is 0 Å². The topological polar surface area (TPSA) is 125 Å². The van der Waals surface area contributed by atoms with E-state index in [-0.39, 0.29) is 18.2 Å². The van der Waals surface area contributed by atoms with Gasteiger partial charge in [-0.2, -0.15) is 10.2 Å². The Morgan fingerprint density at radius 1 is 1.32 bits per heavy atom. The van der Waals surface area contributed by atoms with Crippen LogP contribution in [0.1, 0.15) is 43.0 Å². The highest BCUT2D eigenvalue weighted by molar-refractivity contribution is 5.76. The summed E-state index contributed by atoms with van der Waals surface area (Å²) in [4.78, 5) is 18.6. The van der Waals surface area contributed by atoms with E-state index in [0.29, 0.717) is 41.7 Å². The molecule has 1 saturated heterocycles. The number of carbonyl (C=O) groups is 1. The average Bonchev–Trinajstić information content (AvgIpc) is 3.44. The lowest BCUT2D eigenvalue weighted by Gasteiger charge is -2.36. The SMILES string of the molecule is CC(C)Oc1ccc(-c2nc(-c3cccc4c3CCC4NC(=O)N3CC(O)C3)no2)cc1C#N. The van der Waals surface area contributed by atoms with Gasteiger partial charge in [0.2, 0.25) is 5.82 Å². The molecule has 174 valence electrons. The van der Waals surface area contributed by atoms with Gasteiger partial charge in [-0.05, 0) is 56.0 Å². The molecule has 2 amide bonds. The van der Waals surface area contributed by atoms with Gasteiger partial charge < -0.3 is 24.6 Å². The van der Waals surface area contributed by atoms with Crippen LogP contribution in [0.5, 0.6) is 5.75 Å². The van der Waals surface area contributed by atoms with Gasteiger partial charge in [-0.25, -0.2) is 4.79 Å². The molecule has 9 nitrogen and oxygen atoms in total. The molecule has 0 spiro atoms. The second-order valence-corrected chi connectivity index (χ2v) is 8.89. The predicted octanol–water partition coefficient (Wildman–Crippen LogP) is 3.44. The lowest BCUT2D eigenvalue weighted by molar-refractivity contribution is 0.0257. The first kappa shape index (κ1) is 21.9. The van der Waals surface area contributed by atoms with E-state index in [2.05, 4.69) is 21.5 Å². The summed E-state index contributed by atoms with van der Waals surface area (Å²) in [5, 5.41) is 26.2. The van der Waals surface area contributed by atoms with Crippen LogP contribution in [0.15, 0.2) is 40.9 Å². The van der Waals surface area contributed by atoms with Gasteiger partial charge in [0.05, 0.1) is 36.9 Å². The van der Waals surface area contributed by atoms with Crippen LogP contribution < -0.4 is 10.1 Å². The zero-order valence-corrected chi connectivity index (χ0v) is 19.0. The smallest absolute Gasteiger partial charge is 0.318 e. The Balaban J connectivity index is 1.38. The highest BCUT2D eigenvalue weighted by atomic mass is 16.5. The number of urea groups is 1. The number of hydrogen-bond acceptors (Lipinski definition) is 7. The predicted molar refractivity (Wildman–Crippen MR) is 123 cm³/mol. The van der Waals surface area contributed by atoms with Crippen LogP contribution in [0.2, 0.25) is 0 Å². The molecule has 2 aliphatic rings. The molecule has 9 heteroatoms. The Morgan fingerprint density at radius 2 is 2.15 bits per heavy atom. The van der Waals surface area contributed by atoms with E-state index in [9.17, 15) is 15.2 Å². The lowest BCUT2D eigenvalue weighted by atomic mass is 10.0. The molecule has 2 aromatic carbocycles. The van der Waals surface area contributed by atoms with Gasteiger partial charge in [-0.3, -0.25) is 0 Å². The molecule has 2 N–H and O–H groups in total. The van der Waals surface area contributed by atoms with Crippen LogP contribution in [0, 0.1) is 11.3 Å². The van der Waals surface area contributed by atoms with Crippen molar-refractivity contribution in [3.05, 3.63) is 53.1 Å². The van der Waals surface area contributed by atoms with Crippen LogP contribution >= 0.6 is 0 Å². The number of fused-ring (bicyclic) bond motifs is 1. The second kappa shape index (κ2) is 8.80. The largest absolute Gasteiger partial charge is 0.490 e. The van der Waals surface area contributed by atoms with Crippen LogP contribution in [0.4, 0.5) is 4.79 Å². The van der Waals surface area contributed by atoms with E-state index in [4.69, 9.17) is 9.26 Å². The molecule has 1 aromatic heterocycles. The molecule has 1 atom stereocenters. The molecule has 5 rings (SSSR count). The molecule has 1 aliphatic heterocycles. The fourth-order valence-corrected chi connectivity index (χ4v) is 4.43. The highest BCUT2D eigenvalue weighted by Gasteiger charge is 2.33. The van der Waals surface area contributed by atoms with Gasteiger partial charge in [0.1, 0.15) is 11.8 Å². The number of hydrogen-bond donors (Lipinski definition) is 2. The first-order chi connectivity index (χ1) is 16.4. The second-order valence-electron chi connectivity index (χ2n) is 8.89. The highest BCUT2D eigenvalue weighted by Crippen LogP contribution is 2.38. The summed E-state index contributed by atoms with van der Waals surface area (Å²) >= 11 is 0. The van der Waals surface area contributed by atoms with Crippen LogP contribution in [-0.2, 0) is 6.42 Å². The van der Waals surface area contributed by atoms with Crippen LogP contribution in [-0.4, -0.2) is 51.5 Å². The number of aliphatic hydroxyl groups excluding tert-OH is 1. The van der Waals surface area contributed by atoms with Crippen molar-refractivity contribution < 1.29 is 19.2 Å². The number of nitrogens with zero attached hydrogens (tertiary/aromatic N) is 4. The van der Waals surface area contributed by atoms with Crippen molar-refractivity contribution >= 4 is 6.03 Å². The number of aromatic nitrogens is 2. The average molecular weight is 460 g/mol. The van der Waals surface area contributed by atoms with Crippen molar-refractivity contribution in [2.75, 3.05) is 13.1 Å². The minimum Gasteiger partial charge on any atom is -0.490 e. The molecular formula is C25H25N5O4. The van der Waals surface area contributed by atoms with E-state index < -0.39 is 6.10 Å². The molecule has 2 heterocycles. The molecule has 34 heavy (non-hydrogen) atoms. The third kappa shape index (κ3) is 4.08. The number of aliphatic hydroxyl groups is 1. The lowest BCUT2D eigenvalue weighted by Crippen LogP contribution is -2.57. The number of benzene rings is 2. The van der Waals surface area contributed by atoms with Gasteiger partial charge in [0.15, 0.2) is 0 Å². The zero-order chi connectivity index (χ0) is 23.8. The molecule has 0 bridgehead atoms. The number of nitriles is 1. The Hall–Kier alpha value is -3.90. The molecule has 0 radical (unpaired) electrons. The van der Waals surface area contributed by atoms with Crippen molar-refractivity contribution in [2.45, 2.75) is 44.9 Å². The first-order valence-electron chi connectivity index (χ1n) is 11.3. The monoisotopic (exact) mass is 459 g/mol. The van der Waals surface area contributed by atoms with E-state index in [0.717, 1.165) is 29.5 Å². The number of β-amino-alcohol motifs (C(OH)–C–C–N with tert-alkyl or cyclic N) is 1. The number of nitrogens with one attached hydrogen (secondary N) is 1. The fraction of sp³-hybridized carbons (Fsp3) is 0.360. The minimum absolute atomic E-state index is 0.0424. The van der Waals surface area contributed by atoms with Crippen LogP contribution in [0.3, 0.4) is 0 Å². The maximum Gasteiger partial charge on any atom is 0.318 e. The Morgan fingerprint density at radius 3 is 2.88 bits per heavy atom. The van der Waals surface area contributed by atoms with Gasteiger partial charge in [-0.15, -0.1) is 0 Å². The summed E-state index contributed by atoms with van der Waals surface area (Å²) in [6, 6.07) is 13.0. The standard InChI is InChI=1S/C25H25N5O4/c1-14(2)33-22-9-6-15(10-16(22)11-26)24-28-23(29-34-24)20-5-3-4-19-18(20)7-8-21(19)27-25(32)30-12-17(31)13-30/h3-6,9-10,14,17,21,31H,7-8,12-13H2,1-2H3,(H,27,32). The van der Waals surface area contributed by atoms with Gasteiger partial charge in [0.25, 0.3) is 5.89 Å². The molecular weight excluding hydrogens is 434 g/mol. The number of rotatable bonds is 5. The summed E-state index contributed by atoms with van der Waals surface area (Å²) in [5.74, 6) is 1.30. The molecule has 0 saturated carbocycles. The summed E-state index contributed by atoms with van der Waals surface area (Å²) in [7, 11) is 0. The molecule has 3 aromatic rings. The minimum atomic E-state index is -0.427. The summed E-state index contributed by atoms with van der Waals surface area (Å²) in [6.07, 6.45) is 1.09. The van der Waals surface area contributed by atoms with E-state index in [1.807, 2.05) is 32.0 Å². The maximum absolute atomic E-state index is 12.4. The third-order valence-electron chi connectivity index (χ3n) is 6.09. The first-order valence-corrected chi connectivity index (χ1v) is 11.3. The molecule has 1 fully saturated rings. The fourth-order valence-electron chi connectivity index (χ4n) is 4.43. The van der Waals surface area contributed by atoms with Crippen molar-refractivity contribution in [1.82, 2.24) is 20.4 Å². The van der Waals surface area contributed by atoms with Gasteiger partial charge in [0, 0.05) is 11.1 Å². The zero-order valence-electron chi connectivity index (χ0n) is 19.0. The summed E-state index contributed by atoms with van der Waals surface area (Å²) in [6.45, 7) is 4.55. The third-order valence-corrected chi connectivity index (χ3v) is 6.09. The number of ether oxygens (including phenoxy) is 1. The van der Waals surface area contributed by atoms with E-state index in [1.54, 1.807) is 23.1 Å². The van der Waals surface area contributed by atoms with Crippen molar-refractivity contribution in [2.24, 2.45) is 0 Å². The summed E-state index contributed by atoms with van der Waals surface area (Å²) < 4.78 is 11.2. The number of amides is 2. The Kier molecular flexibility index (Phi) is 5.67.